The van der Waals surface area contributed by atoms with Crippen LogP contribution in [0.25, 0.3) is 0 Å². The fraction of sp³-hybridized carbons (Fsp3) is 0.667. The molecule has 6 rings (SSSR count). The van der Waals surface area contributed by atoms with Crippen molar-refractivity contribution in [2.24, 2.45) is 17.3 Å². The van der Waals surface area contributed by atoms with Gasteiger partial charge in [0.1, 0.15) is 0 Å². The molecular formula is C21H27NO2. The Morgan fingerprint density at radius 3 is 2.62 bits per heavy atom. The molecule has 0 aromatic heterocycles. The van der Waals surface area contributed by atoms with Crippen molar-refractivity contribution in [3.05, 3.63) is 35.4 Å². The Bertz CT molecular complexity index is 668. The number of aliphatic hydroxyl groups is 1. The van der Waals surface area contributed by atoms with Crippen molar-refractivity contribution < 1.29 is 9.90 Å². The third-order valence-corrected chi connectivity index (χ3v) is 7.19. The highest BCUT2D eigenvalue weighted by molar-refractivity contribution is 5.84. The lowest BCUT2D eigenvalue weighted by Gasteiger charge is -2.59. The van der Waals surface area contributed by atoms with E-state index in [1.165, 1.54) is 17.5 Å². The summed E-state index contributed by atoms with van der Waals surface area (Å²) in [5.41, 5.74) is 1.83. The Morgan fingerprint density at radius 2 is 1.88 bits per heavy atom. The molecule has 0 spiro atoms. The van der Waals surface area contributed by atoms with Gasteiger partial charge >= 0.3 is 0 Å². The first-order valence-electron chi connectivity index (χ1n) is 9.67. The van der Waals surface area contributed by atoms with Gasteiger partial charge in [-0.15, -0.1) is 0 Å². The second-order valence-corrected chi connectivity index (χ2v) is 9.08. The van der Waals surface area contributed by atoms with Crippen LogP contribution in [-0.2, 0) is 11.2 Å². The van der Waals surface area contributed by atoms with Crippen LogP contribution >= 0.6 is 0 Å². The summed E-state index contributed by atoms with van der Waals surface area (Å²) < 4.78 is 0. The lowest BCUT2D eigenvalue weighted by Crippen LogP contribution is -2.60. The standard InChI is InChI=1S/C21H27NO2/c23-19(22-18-7-3-5-16-4-1-2-6-17(16)18)20-9-14-8-15(10-20)12-21(24,11-14)13-20/h1-2,4,6,14-15,18,24H,3,5,7-13H2,(H,22,23)/t14-,15+,18-,20?,21?/m0/s1. The first-order chi connectivity index (χ1) is 11.6. The highest BCUT2D eigenvalue weighted by atomic mass is 16.3. The number of aryl methyl sites for hydroxylation is 1. The summed E-state index contributed by atoms with van der Waals surface area (Å²) in [5.74, 6) is 1.33. The van der Waals surface area contributed by atoms with Crippen molar-refractivity contribution >= 4 is 5.91 Å². The normalized spacial score (nSPS) is 42.6. The van der Waals surface area contributed by atoms with Crippen molar-refractivity contribution in [1.29, 1.82) is 0 Å². The Labute approximate surface area is 143 Å². The number of fused-ring (bicyclic) bond motifs is 1. The quantitative estimate of drug-likeness (QED) is 0.874. The second kappa shape index (κ2) is 5.08. The number of amides is 1. The largest absolute Gasteiger partial charge is 0.390 e. The van der Waals surface area contributed by atoms with Crippen LogP contribution in [0.2, 0.25) is 0 Å². The van der Waals surface area contributed by atoms with Crippen molar-refractivity contribution in [2.45, 2.75) is 69.4 Å². The number of benzene rings is 1. The van der Waals surface area contributed by atoms with Crippen LogP contribution in [0.4, 0.5) is 0 Å². The third kappa shape index (κ3) is 2.24. The molecule has 24 heavy (non-hydrogen) atoms. The molecule has 0 heterocycles. The number of rotatable bonds is 2. The second-order valence-electron chi connectivity index (χ2n) is 9.08. The average molecular weight is 325 g/mol. The zero-order chi connectivity index (χ0) is 16.4. The van der Waals surface area contributed by atoms with Gasteiger partial charge in [0.2, 0.25) is 5.91 Å². The van der Waals surface area contributed by atoms with Crippen molar-refractivity contribution in [3.8, 4) is 0 Å². The fourth-order valence-electron chi connectivity index (χ4n) is 6.70. The van der Waals surface area contributed by atoms with Gasteiger partial charge in [0.05, 0.1) is 17.1 Å². The van der Waals surface area contributed by atoms with Crippen molar-refractivity contribution in [2.75, 3.05) is 0 Å². The average Bonchev–Trinajstić information content (AvgIpc) is 2.53. The first kappa shape index (κ1) is 14.9. The topological polar surface area (TPSA) is 49.3 Å². The van der Waals surface area contributed by atoms with E-state index >= 15 is 0 Å². The lowest BCUT2D eigenvalue weighted by molar-refractivity contribution is -0.178. The van der Waals surface area contributed by atoms with Gasteiger partial charge in [0.25, 0.3) is 0 Å². The van der Waals surface area contributed by atoms with Gasteiger partial charge in [-0.3, -0.25) is 4.79 Å². The molecule has 5 aliphatic carbocycles. The summed E-state index contributed by atoms with van der Waals surface area (Å²) in [6.45, 7) is 0. The van der Waals surface area contributed by atoms with Crippen LogP contribution in [0.1, 0.15) is 68.5 Å². The molecule has 1 aromatic carbocycles. The molecular weight excluding hydrogens is 298 g/mol. The molecule has 1 aromatic rings. The van der Waals surface area contributed by atoms with Crippen LogP contribution < -0.4 is 5.32 Å². The number of hydrogen-bond acceptors (Lipinski definition) is 2. The van der Waals surface area contributed by atoms with E-state index in [0.29, 0.717) is 18.3 Å². The van der Waals surface area contributed by atoms with Gasteiger partial charge in [0.15, 0.2) is 0 Å². The predicted octanol–water partition coefficient (Wildman–Crippen LogP) is 3.51. The Morgan fingerprint density at radius 1 is 1.12 bits per heavy atom. The van der Waals surface area contributed by atoms with E-state index in [1.54, 1.807) is 0 Å². The van der Waals surface area contributed by atoms with Gasteiger partial charge in [-0.1, -0.05) is 24.3 Å². The van der Waals surface area contributed by atoms with Gasteiger partial charge in [0, 0.05) is 0 Å². The maximum absolute atomic E-state index is 13.3. The Kier molecular flexibility index (Phi) is 3.16. The highest BCUT2D eigenvalue weighted by Gasteiger charge is 2.60. The minimum Gasteiger partial charge on any atom is -0.390 e. The molecule has 5 atom stereocenters. The van der Waals surface area contributed by atoms with Crippen molar-refractivity contribution in [1.82, 2.24) is 5.32 Å². The molecule has 5 aliphatic rings. The minimum absolute atomic E-state index is 0.157. The molecule has 2 N–H and O–H groups in total. The molecule has 1 amide bonds. The maximum Gasteiger partial charge on any atom is 0.226 e. The number of hydrogen-bond donors (Lipinski definition) is 2. The minimum atomic E-state index is -0.564. The summed E-state index contributed by atoms with van der Waals surface area (Å²) >= 11 is 0. The molecule has 2 unspecified atom stereocenters. The van der Waals surface area contributed by atoms with E-state index < -0.39 is 5.60 Å². The summed E-state index contributed by atoms with van der Waals surface area (Å²) in [5, 5.41) is 14.3. The summed E-state index contributed by atoms with van der Waals surface area (Å²) in [7, 11) is 0. The van der Waals surface area contributed by atoms with Crippen LogP contribution in [0.5, 0.6) is 0 Å². The zero-order valence-corrected chi connectivity index (χ0v) is 14.3. The van der Waals surface area contributed by atoms with E-state index in [9.17, 15) is 9.90 Å². The third-order valence-electron chi connectivity index (χ3n) is 7.19. The van der Waals surface area contributed by atoms with Gasteiger partial charge in [-0.05, 0) is 80.8 Å². The number of carbonyl (C=O) groups is 1. The van der Waals surface area contributed by atoms with Gasteiger partial charge < -0.3 is 10.4 Å². The van der Waals surface area contributed by atoms with Crippen LogP contribution in [-0.4, -0.2) is 16.6 Å². The van der Waals surface area contributed by atoms with Gasteiger partial charge in [-0.25, -0.2) is 0 Å². The monoisotopic (exact) mass is 325 g/mol. The lowest BCUT2D eigenvalue weighted by atomic mass is 9.47. The van der Waals surface area contributed by atoms with E-state index in [1.807, 2.05) is 0 Å². The summed E-state index contributed by atoms with van der Waals surface area (Å²) in [6.07, 6.45) is 9.04. The maximum atomic E-state index is 13.3. The molecule has 4 bridgehead atoms. The highest BCUT2D eigenvalue weighted by Crippen LogP contribution is 2.61. The number of carbonyl (C=O) groups excluding carboxylic acids is 1. The molecule has 0 saturated heterocycles. The Hall–Kier alpha value is -1.35. The van der Waals surface area contributed by atoms with E-state index in [-0.39, 0.29) is 17.4 Å². The summed E-state index contributed by atoms with van der Waals surface area (Å²) in [4.78, 5) is 13.3. The number of nitrogens with one attached hydrogen (secondary N) is 1. The summed E-state index contributed by atoms with van der Waals surface area (Å²) in [6, 6.07) is 8.70. The van der Waals surface area contributed by atoms with Crippen LogP contribution in [0.15, 0.2) is 24.3 Å². The predicted molar refractivity (Wildman–Crippen MR) is 92.3 cm³/mol. The van der Waals surface area contributed by atoms with E-state index in [0.717, 1.165) is 44.9 Å². The van der Waals surface area contributed by atoms with Crippen LogP contribution in [0, 0.1) is 17.3 Å². The van der Waals surface area contributed by atoms with Crippen molar-refractivity contribution in [3.63, 3.8) is 0 Å². The molecule has 128 valence electrons. The molecule has 4 saturated carbocycles. The molecule has 0 radical (unpaired) electrons. The van der Waals surface area contributed by atoms with E-state index in [4.69, 9.17) is 0 Å². The first-order valence-corrected chi connectivity index (χ1v) is 9.67. The Balaban J connectivity index is 1.40. The fourth-order valence-corrected chi connectivity index (χ4v) is 6.70. The van der Waals surface area contributed by atoms with Gasteiger partial charge in [-0.2, -0.15) is 0 Å². The molecule has 4 fully saturated rings. The van der Waals surface area contributed by atoms with Crippen LogP contribution in [0.3, 0.4) is 0 Å². The smallest absolute Gasteiger partial charge is 0.226 e. The zero-order valence-electron chi connectivity index (χ0n) is 14.3. The molecule has 3 heteroatoms. The molecule has 0 aliphatic heterocycles. The SMILES string of the molecule is O=C(N[C@H]1CCCc2ccccc21)C12C[C@@H]3C[C@@H](CC(O)(C3)C1)C2. The molecule has 3 nitrogen and oxygen atoms in total. The van der Waals surface area contributed by atoms with E-state index in [2.05, 4.69) is 29.6 Å².